The van der Waals surface area contributed by atoms with Gasteiger partial charge in [-0.2, -0.15) is 5.26 Å². The highest BCUT2D eigenvalue weighted by molar-refractivity contribution is 6.45. The van der Waals surface area contributed by atoms with E-state index in [9.17, 15) is 9.90 Å². The van der Waals surface area contributed by atoms with Crippen LogP contribution in [-0.4, -0.2) is 47.5 Å². The van der Waals surface area contributed by atoms with Crippen LogP contribution in [0.3, 0.4) is 0 Å². The number of carbonyl (C=O) groups is 1. The molecule has 3 rings (SSSR count). The van der Waals surface area contributed by atoms with Crippen molar-refractivity contribution in [2.24, 2.45) is 5.92 Å². The van der Waals surface area contributed by atoms with Gasteiger partial charge in [-0.3, -0.25) is 0 Å². The number of rotatable bonds is 3. The number of nitriles is 1. The molecule has 0 radical (unpaired) electrons. The van der Waals surface area contributed by atoms with Crippen molar-refractivity contribution >= 4 is 13.2 Å². The molecule has 2 aliphatic heterocycles. The number of carboxylic acid groups (broad SMARTS) is 1. The Labute approximate surface area is 154 Å². The fraction of sp³-hybridized carbons (Fsp3) is 0.579. The van der Waals surface area contributed by atoms with Crippen LogP contribution in [0.15, 0.2) is 24.3 Å². The highest BCUT2D eigenvalue weighted by Gasteiger charge is 2.52. The van der Waals surface area contributed by atoms with E-state index in [4.69, 9.17) is 14.6 Å². The van der Waals surface area contributed by atoms with Gasteiger partial charge in [-0.1, -0.05) is 12.1 Å². The summed E-state index contributed by atoms with van der Waals surface area (Å²) >= 11 is 0. The average molecular weight is 356 g/mol. The standard InChI is InChI=1S/C19H25BN2O4/c1-18(2)19(3,4)26-20(25-18)9-15-11-22(17(23)24)12-16(15)14-7-5-13(10-21)6-8-14/h5-8,15-16H,9,11-12H2,1-4H3,(H,23,24)/t15-,16+/m1/s1. The van der Waals surface area contributed by atoms with E-state index in [2.05, 4.69) is 6.07 Å². The Kier molecular flexibility index (Phi) is 4.76. The smallest absolute Gasteiger partial charge is 0.458 e. The maximum absolute atomic E-state index is 11.5. The van der Waals surface area contributed by atoms with E-state index in [1.807, 2.05) is 39.8 Å². The van der Waals surface area contributed by atoms with Gasteiger partial charge in [0.1, 0.15) is 0 Å². The van der Waals surface area contributed by atoms with Crippen LogP contribution in [0.1, 0.15) is 44.7 Å². The molecule has 138 valence electrons. The molecule has 7 heteroatoms. The lowest BCUT2D eigenvalue weighted by Gasteiger charge is -2.32. The Balaban J connectivity index is 1.79. The summed E-state index contributed by atoms with van der Waals surface area (Å²) < 4.78 is 12.2. The lowest BCUT2D eigenvalue weighted by Crippen LogP contribution is -2.41. The predicted octanol–water partition coefficient (Wildman–Crippen LogP) is 3.34. The summed E-state index contributed by atoms with van der Waals surface area (Å²) in [4.78, 5) is 12.9. The molecule has 1 N–H and O–H groups in total. The molecule has 0 bridgehead atoms. The number of hydrogen-bond donors (Lipinski definition) is 1. The van der Waals surface area contributed by atoms with E-state index in [0.717, 1.165) is 5.56 Å². The van der Waals surface area contributed by atoms with Crippen molar-refractivity contribution in [1.82, 2.24) is 4.90 Å². The normalized spacial score (nSPS) is 26.7. The molecule has 1 amide bonds. The molecule has 0 unspecified atom stereocenters. The first-order chi connectivity index (χ1) is 12.1. The fourth-order valence-corrected chi connectivity index (χ4v) is 3.76. The Hall–Kier alpha value is -2.04. The first-order valence-corrected chi connectivity index (χ1v) is 8.96. The quantitative estimate of drug-likeness (QED) is 0.840. The van der Waals surface area contributed by atoms with E-state index in [1.54, 1.807) is 12.1 Å². The molecule has 26 heavy (non-hydrogen) atoms. The van der Waals surface area contributed by atoms with Crippen LogP contribution in [-0.2, 0) is 9.31 Å². The van der Waals surface area contributed by atoms with Crippen LogP contribution in [0.25, 0.3) is 0 Å². The van der Waals surface area contributed by atoms with E-state index in [-0.39, 0.29) is 19.0 Å². The van der Waals surface area contributed by atoms with E-state index in [1.165, 1.54) is 4.90 Å². The summed E-state index contributed by atoms with van der Waals surface area (Å²) in [7, 11) is -0.348. The van der Waals surface area contributed by atoms with Gasteiger partial charge in [0.25, 0.3) is 0 Å². The van der Waals surface area contributed by atoms with Crippen molar-refractivity contribution in [2.75, 3.05) is 13.1 Å². The number of likely N-dealkylation sites (tertiary alicyclic amines) is 1. The van der Waals surface area contributed by atoms with Crippen molar-refractivity contribution < 1.29 is 19.2 Å². The van der Waals surface area contributed by atoms with Gasteiger partial charge < -0.3 is 19.3 Å². The van der Waals surface area contributed by atoms with Gasteiger partial charge in [-0.05, 0) is 57.6 Å². The number of hydrogen-bond acceptors (Lipinski definition) is 4. The summed E-state index contributed by atoms with van der Waals surface area (Å²) in [6, 6.07) is 9.52. The van der Waals surface area contributed by atoms with E-state index < -0.39 is 17.3 Å². The van der Waals surface area contributed by atoms with Crippen LogP contribution >= 0.6 is 0 Å². The minimum atomic E-state index is -0.903. The molecule has 0 saturated carbocycles. The van der Waals surface area contributed by atoms with Crippen LogP contribution in [0.5, 0.6) is 0 Å². The molecular formula is C19H25BN2O4. The van der Waals surface area contributed by atoms with Gasteiger partial charge in [-0.25, -0.2) is 4.79 Å². The third-order valence-electron chi connectivity index (χ3n) is 5.98. The van der Waals surface area contributed by atoms with Gasteiger partial charge >= 0.3 is 13.2 Å². The molecule has 2 aliphatic rings. The van der Waals surface area contributed by atoms with Gasteiger partial charge in [0, 0.05) is 19.0 Å². The molecular weight excluding hydrogens is 331 g/mol. The van der Waals surface area contributed by atoms with Crippen molar-refractivity contribution in [1.29, 1.82) is 5.26 Å². The van der Waals surface area contributed by atoms with Crippen LogP contribution < -0.4 is 0 Å². The third-order valence-corrected chi connectivity index (χ3v) is 5.98. The summed E-state index contributed by atoms with van der Waals surface area (Å²) in [5.41, 5.74) is 0.859. The molecule has 0 aromatic heterocycles. The Morgan fingerprint density at radius 2 is 1.81 bits per heavy atom. The molecule has 1 aromatic rings. The summed E-state index contributed by atoms with van der Waals surface area (Å²) in [6.45, 7) is 8.98. The summed E-state index contributed by atoms with van der Waals surface area (Å²) in [6.07, 6.45) is -0.263. The molecule has 6 nitrogen and oxygen atoms in total. The topological polar surface area (TPSA) is 82.8 Å². The Morgan fingerprint density at radius 1 is 1.23 bits per heavy atom. The molecule has 2 fully saturated rings. The minimum absolute atomic E-state index is 0.0675. The number of benzene rings is 1. The largest absolute Gasteiger partial charge is 0.465 e. The SMILES string of the molecule is CC1(C)OB(C[C@@H]2CN(C(=O)O)C[C@H]2c2ccc(C#N)cc2)OC1(C)C. The van der Waals surface area contributed by atoms with E-state index >= 15 is 0 Å². The second-order valence-electron chi connectivity index (χ2n) is 8.21. The monoisotopic (exact) mass is 356 g/mol. The van der Waals surface area contributed by atoms with Gasteiger partial charge in [0.2, 0.25) is 0 Å². The number of nitrogens with zero attached hydrogens (tertiary/aromatic N) is 2. The first-order valence-electron chi connectivity index (χ1n) is 8.96. The summed E-state index contributed by atoms with van der Waals surface area (Å²) in [5.74, 6) is 0.173. The van der Waals surface area contributed by atoms with Crippen molar-refractivity contribution in [3.8, 4) is 6.07 Å². The van der Waals surface area contributed by atoms with Crippen molar-refractivity contribution in [3.05, 3.63) is 35.4 Å². The fourth-order valence-electron chi connectivity index (χ4n) is 3.76. The lowest BCUT2D eigenvalue weighted by molar-refractivity contribution is 0.00578. The minimum Gasteiger partial charge on any atom is -0.465 e. The molecule has 2 heterocycles. The molecule has 0 spiro atoms. The van der Waals surface area contributed by atoms with Crippen LogP contribution in [0.2, 0.25) is 6.32 Å². The third kappa shape index (κ3) is 3.44. The van der Waals surface area contributed by atoms with Gasteiger partial charge in [-0.15, -0.1) is 0 Å². The predicted molar refractivity (Wildman–Crippen MR) is 97.9 cm³/mol. The molecule has 2 atom stereocenters. The first kappa shape index (κ1) is 18.7. The van der Waals surface area contributed by atoms with Crippen LogP contribution in [0, 0.1) is 17.2 Å². The Morgan fingerprint density at radius 3 is 2.31 bits per heavy atom. The van der Waals surface area contributed by atoms with Gasteiger partial charge in [0.15, 0.2) is 0 Å². The molecule has 1 aromatic carbocycles. The highest BCUT2D eigenvalue weighted by atomic mass is 16.7. The second kappa shape index (κ2) is 6.60. The maximum atomic E-state index is 11.5. The summed E-state index contributed by atoms with van der Waals surface area (Å²) in [5, 5.41) is 18.4. The lowest BCUT2D eigenvalue weighted by atomic mass is 9.72. The molecule has 2 saturated heterocycles. The highest BCUT2D eigenvalue weighted by Crippen LogP contribution is 2.42. The second-order valence-corrected chi connectivity index (χ2v) is 8.21. The van der Waals surface area contributed by atoms with Crippen molar-refractivity contribution in [3.63, 3.8) is 0 Å². The average Bonchev–Trinajstić information content (AvgIpc) is 3.06. The number of amides is 1. The van der Waals surface area contributed by atoms with E-state index in [0.29, 0.717) is 25.0 Å². The van der Waals surface area contributed by atoms with Gasteiger partial charge in [0.05, 0.1) is 22.8 Å². The zero-order valence-electron chi connectivity index (χ0n) is 15.7. The van der Waals surface area contributed by atoms with Crippen molar-refractivity contribution in [2.45, 2.75) is 51.1 Å². The van der Waals surface area contributed by atoms with Crippen LogP contribution in [0.4, 0.5) is 4.79 Å². The molecule has 0 aliphatic carbocycles. The zero-order valence-corrected chi connectivity index (χ0v) is 15.7. The Bertz CT molecular complexity index is 710. The maximum Gasteiger partial charge on any atom is 0.458 e. The zero-order chi connectivity index (χ0) is 19.1.